The summed E-state index contributed by atoms with van der Waals surface area (Å²) in [6.45, 7) is -2.76. The number of alkyl halides is 2. The third-order valence-corrected chi connectivity index (χ3v) is 4.49. The number of Topliss-reactive ketones (excluding diaryl/α,β-unsaturated/α-hetero) is 1. The molecule has 0 fully saturated rings. The molecule has 1 N–H and O–H groups in total. The van der Waals surface area contributed by atoms with Crippen molar-refractivity contribution in [3.8, 4) is 17.3 Å². The van der Waals surface area contributed by atoms with Crippen LogP contribution < -0.4 is 0 Å². The van der Waals surface area contributed by atoms with Crippen molar-refractivity contribution >= 4 is 16.7 Å². The number of H-pyrrole nitrogens is 1. The lowest BCUT2D eigenvalue weighted by Gasteiger charge is -2.05. The van der Waals surface area contributed by atoms with Crippen LogP contribution in [0.5, 0.6) is 0 Å². The van der Waals surface area contributed by atoms with Crippen molar-refractivity contribution in [1.82, 2.24) is 20.0 Å². The van der Waals surface area contributed by atoms with Crippen molar-refractivity contribution < 1.29 is 18.0 Å². The minimum Gasteiger partial charge on any atom is -0.294 e. The number of nitriles is 1. The van der Waals surface area contributed by atoms with Gasteiger partial charge in [0, 0.05) is 23.6 Å². The van der Waals surface area contributed by atoms with Gasteiger partial charge in [-0.2, -0.15) is 24.2 Å². The summed E-state index contributed by atoms with van der Waals surface area (Å²) in [5.74, 6) is -1.32. The number of fused-ring (bicyclic) bond motifs is 1. The summed E-state index contributed by atoms with van der Waals surface area (Å²) < 4.78 is 40.3. The first kappa shape index (κ1) is 18.4. The van der Waals surface area contributed by atoms with Crippen LogP contribution in [0.1, 0.15) is 28.0 Å². The van der Waals surface area contributed by atoms with Crippen molar-refractivity contribution in [3.63, 3.8) is 0 Å². The van der Waals surface area contributed by atoms with Gasteiger partial charge >= 0.3 is 6.55 Å². The SMILES string of the molecule is N#Cc1cccc(C(=O)Cc2ccc3[nH]nc(-c4cnn(C(F)F)c4)c3c2)c1F. The zero-order chi connectivity index (χ0) is 20.5. The Morgan fingerprint density at radius 2 is 2.10 bits per heavy atom. The molecule has 144 valence electrons. The molecule has 2 aromatic carbocycles. The molecule has 0 aliphatic rings. The maximum Gasteiger partial charge on any atom is 0.333 e. The monoisotopic (exact) mass is 395 g/mol. The zero-order valence-electron chi connectivity index (χ0n) is 14.7. The Hall–Kier alpha value is -3.93. The number of nitrogens with zero attached hydrogens (tertiary/aromatic N) is 4. The number of nitrogens with one attached hydrogen (secondary N) is 1. The Balaban J connectivity index is 1.67. The summed E-state index contributed by atoms with van der Waals surface area (Å²) in [6, 6.07) is 10.9. The molecule has 0 unspecified atom stereocenters. The Morgan fingerprint density at radius 3 is 2.83 bits per heavy atom. The average molecular weight is 395 g/mol. The number of ketones is 1. The maximum atomic E-state index is 14.3. The van der Waals surface area contributed by atoms with Gasteiger partial charge in [0.25, 0.3) is 0 Å². The van der Waals surface area contributed by atoms with E-state index in [-0.39, 0.29) is 17.5 Å². The molecule has 0 bridgehead atoms. The second-order valence-corrected chi connectivity index (χ2v) is 6.32. The number of carbonyl (C=O) groups is 1. The van der Waals surface area contributed by atoms with Crippen LogP contribution in [0.2, 0.25) is 0 Å². The molecule has 2 heterocycles. The van der Waals surface area contributed by atoms with Gasteiger partial charge in [-0.1, -0.05) is 12.1 Å². The van der Waals surface area contributed by atoms with Gasteiger partial charge in [-0.3, -0.25) is 9.89 Å². The molecule has 0 aliphatic carbocycles. The van der Waals surface area contributed by atoms with Crippen LogP contribution in [0.15, 0.2) is 48.8 Å². The number of halogens is 3. The minimum absolute atomic E-state index is 0.0946. The average Bonchev–Trinajstić information content (AvgIpc) is 3.34. The molecule has 2 aromatic heterocycles. The fraction of sp³-hybridized carbons (Fsp3) is 0.100. The normalized spacial score (nSPS) is 11.1. The smallest absolute Gasteiger partial charge is 0.294 e. The van der Waals surface area contributed by atoms with Gasteiger partial charge in [-0.15, -0.1) is 0 Å². The molecule has 4 aromatic rings. The van der Waals surface area contributed by atoms with Crippen molar-refractivity contribution in [3.05, 3.63) is 71.3 Å². The first-order chi connectivity index (χ1) is 14.0. The third-order valence-electron chi connectivity index (χ3n) is 4.49. The second-order valence-electron chi connectivity index (χ2n) is 6.32. The van der Waals surface area contributed by atoms with E-state index in [9.17, 15) is 18.0 Å². The van der Waals surface area contributed by atoms with Crippen LogP contribution in [0.4, 0.5) is 13.2 Å². The zero-order valence-corrected chi connectivity index (χ0v) is 14.7. The standard InChI is InChI=1S/C20H12F3N5O/c21-18-12(8-24)2-1-3-14(18)17(29)7-11-4-5-16-15(6-11)19(27-26-16)13-9-25-28(10-13)20(22)23/h1-6,9-10,20H,7H2,(H,26,27). The van der Waals surface area contributed by atoms with E-state index in [4.69, 9.17) is 5.26 Å². The van der Waals surface area contributed by atoms with E-state index in [1.54, 1.807) is 24.3 Å². The highest BCUT2D eigenvalue weighted by Crippen LogP contribution is 2.28. The largest absolute Gasteiger partial charge is 0.333 e. The van der Waals surface area contributed by atoms with Gasteiger partial charge in [-0.05, 0) is 29.8 Å². The first-order valence-corrected chi connectivity index (χ1v) is 8.49. The molecular formula is C20H12F3N5O. The van der Waals surface area contributed by atoms with E-state index < -0.39 is 18.1 Å². The molecular weight excluding hydrogens is 383 g/mol. The Bertz CT molecular complexity index is 1270. The van der Waals surface area contributed by atoms with E-state index in [0.29, 0.717) is 32.4 Å². The summed E-state index contributed by atoms with van der Waals surface area (Å²) in [4.78, 5) is 12.5. The first-order valence-electron chi connectivity index (χ1n) is 8.49. The fourth-order valence-electron chi connectivity index (χ4n) is 3.07. The molecule has 0 saturated heterocycles. The summed E-state index contributed by atoms with van der Waals surface area (Å²) in [5.41, 5.74) is 1.70. The predicted octanol–water partition coefficient (Wildman–Crippen LogP) is 4.26. The third kappa shape index (κ3) is 3.36. The number of hydrogen-bond acceptors (Lipinski definition) is 4. The Labute approximate surface area is 162 Å². The van der Waals surface area contributed by atoms with Crippen molar-refractivity contribution in [2.45, 2.75) is 13.0 Å². The molecule has 0 aliphatic heterocycles. The van der Waals surface area contributed by atoms with E-state index in [1.165, 1.54) is 30.6 Å². The summed E-state index contributed by atoms with van der Waals surface area (Å²) in [6.07, 6.45) is 2.37. The highest BCUT2D eigenvalue weighted by atomic mass is 19.3. The molecule has 0 saturated carbocycles. The maximum absolute atomic E-state index is 14.3. The van der Waals surface area contributed by atoms with Crippen LogP contribution in [0.3, 0.4) is 0 Å². The van der Waals surface area contributed by atoms with Crippen LogP contribution >= 0.6 is 0 Å². The van der Waals surface area contributed by atoms with E-state index in [0.717, 1.165) is 0 Å². The second kappa shape index (κ2) is 7.24. The van der Waals surface area contributed by atoms with E-state index in [1.807, 2.05) is 0 Å². The van der Waals surface area contributed by atoms with Gasteiger partial charge in [0.1, 0.15) is 11.8 Å². The Kier molecular flexibility index (Phi) is 4.60. The fourth-order valence-corrected chi connectivity index (χ4v) is 3.07. The number of benzene rings is 2. The van der Waals surface area contributed by atoms with Crippen molar-refractivity contribution in [1.29, 1.82) is 5.26 Å². The van der Waals surface area contributed by atoms with Crippen molar-refractivity contribution in [2.24, 2.45) is 0 Å². The summed E-state index contributed by atoms with van der Waals surface area (Å²) in [5, 5.41) is 20.1. The molecule has 9 heteroatoms. The Morgan fingerprint density at radius 1 is 1.28 bits per heavy atom. The molecule has 0 radical (unpaired) electrons. The summed E-state index contributed by atoms with van der Waals surface area (Å²) >= 11 is 0. The lowest BCUT2D eigenvalue weighted by Crippen LogP contribution is -2.07. The van der Waals surface area contributed by atoms with Gasteiger partial charge in [0.15, 0.2) is 11.6 Å². The molecule has 4 rings (SSSR count). The minimum atomic E-state index is -2.76. The lowest BCUT2D eigenvalue weighted by atomic mass is 9.99. The number of rotatable bonds is 5. The van der Waals surface area contributed by atoms with Gasteiger partial charge < -0.3 is 0 Å². The van der Waals surface area contributed by atoms with Crippen LogP contribution in [-0.4, -0.2) is 25.8 Å². The number of aromatic nitrogens is 4. The highest BCUT2D eigenvalue weighted by molar-refractivity contribution is 5.99. The van der Waals surface area contributed by atoms with Crippen LogP contribution in [0, 0.1) is 17.1 Å². The van der Waals surface area contributed by atoms with E-state index in [2.05, 4.69) is 15.3 Å². The van der Waals surface area contributed by atoms with Crippen LogP contribution in [-0.2, 0) is 6.42 Å². The predicted molar refractivity (Wildman–Crippen MR) is 97.7 cm³/mol. The van der Waals surface area contributed by atoms with Gasteiger partial charge in [0.2, 0.25) is 0 Å². The molecule has 29 heavy (non-hydrogen) atoms. The number of hydrogen-bond donors (Lipinski definition) is 1. The lowest BCUT2D eigenvalue weighted by molar-refractivity contribution is 0.0566. The molecule has 0 atom stereocenters. The van der Waals surface area contributed by atoms with E-state index >= 15 is 0 Å². The van der Waals surface area contributed by atoms with Gasteiger partial charge in [-0.25, -0.2) is 9.07 Å². The summed E-state index contributed by atoms with van der Waals surface area (Å²) in [7, 11) is 0. The number of carbonyl (C=O) groups excluding carboxylic acids is 1. The topological polar surface area (TPSA) is 87.4 Å². The van der Waals surface area contributed by atoms with Crippen molar-refractivity contribution in [2.75, 3.05) is 0 Å². The molecule has 0 spiro atoms. The quantitative estimate of drug-likeness (QED) is 0.512. The highest BCUT2D eigenvalue weighted by Gasteiger charge is 2.17. The van der Waals surface area contributed by atoms with Crippen LogP contribution in [0.25, 0.3) is 22.2 Å². The number of aromatic amines is 1. The van der Waals surface area contributed by atoms with Gasteiger partial charge in [0.05, 0.1) is 22.8 Å². The molecule has 6 nitrogen and oxygen atoms in total. The molecule has 0 amide bonds.